The van der Waals surface area contributed by atoms with Gasteiger partial charge in [0.2, 0.25) is 0 Å². The second kappa shape index (κ2) is 5.40. The van der Waals surface area contributed by atoms with Crippen LogP contribution in [0, 0.1) is 12.3 Å². The maximum Gasteiger partial charge on any atom is 0.130 e. The first kappa shape index (κ1) is 14.5. The number of aryl methyl sites for hydroxylation is 2. The lowest BCUT2D eigenvalue weighted by Crippen LogP contribution is -2.34. The molecule has 17 heavy (non-hydrogen) atoms. The smallest absolute Gasteiger partial charge is 0.130 e. The van der Waals surface area contributed by atoms with E-state index >= 15 is 0 Å². The minimum atomic E-state index is 0.174. The van der Waals surface area contributed by atoms with Gasteiger partial charge in [-0.25, -0.2) is 0 Å². The van der Waals surface area contributed by atoms with E-state index < -0.39 is 0 Å². The fourth-order valence-corrected chi connectivity index (χ4v) is 2.16. The van der Waals surface area contributed by atoms with Gasteiger partial charge in [-0.15, -0.1) is 0 Å². The molecular weight excluding hydrogens is 234 g/mol. The Morgan fingerprint density at radius 3 is 2.41 bits per heavy atom. The van der Waals surface area contributed by atoms with Crippen molar-refractivity contribution in [3.63, 3.8) is 0 Å². The van der Waals surface area contributed by atoms with Gasteiger partial charge >= 0.3 is 0 Å². The van der Waals surface area contributed by atoms with Crippen LogP contribution in [0.1, 0.15) is 44.9 Å². The third-order valence-electron chi connectivity index (χ3n) is 3.32. The molecule has 4 heteroatoms. The Hall–Kier alpha value is -0.540. The van der Waals surface area contributed by atoms with E-state index in [9.17, 15) is 0 Å². The van der Waals surface area contributed by atoms with Crippen molar-refractivity contribution in [1.82, 2.24) is 9.78 Å². The summed E-state index contributed by atoms with van der Waals surface area (Å²) in [5.74, 6) is 0. The summed E-state index contributed by atoms with van der Waals surface area (Å²) in [5.41, 5.74) is 8.51. The zero-order valence-electron chi connectivity index (χ0n) is 11.5. The van der Waals surface area contributed by atoms with Crippen molar-refractivity contribution >= 4 is 11.6 Å². The Morgan fingerprint density at radius 2 is 2.00 bits per heavy atom. The van der Waals surface area contributed by atoms with Crippen LogP contribution in [0.3, 0.4) is 0 Å². The number of hydrogen-bond acceptors (Lipinski definition) is 2. The first-order valence-electron chi connectivity index (χ1n) is 6.17. The molecule has 1 unspecified atom stereocenters. The highest BCUT2D eigenvalue weighted by Crippen LogP contribution is 2.24. The quantitative estimate of drug-likeness (QED) is 0.901. The molecule has 0 aliphatic heterocycles. The van der Waals surface area contributed by atoms with Crippen LogP contribution in [-0.4, -0.2) is 15.8 Å². The summed E-state index contributed by atoms with van der Waals surface area (Å²) >= 11 is 6.19. The van der Waals surface area contributed by atoms with Crippen LogP contribution < -0.4 is 5.73 Å². The first-order valence-corrected chi connectivity index (χ1v) is 6.55. The molecule has 0 aliphatic carbocycles. The number of halogens is 1. The summed E-state index contributed by atoms with van der Waals surface area (Å²) in [6.45, 7) is 8.55. The molecule has 1 rings (SSSR count). The van der Waals surface area contributed by atoms with Crippen molar-refractivity contribution < 1.29 is 0 Å². The lowest BCUT2D eigenvalue weighted by Gasteiger charge is -2.26. The van der Waals surface area contributed by atoms with Crippen LogP contribution in [0.15, 0.2) is 0 Å². The van der Waals surface area contributed by atoms with E-state index in [2.05, 4.69) is 25.9 Å². The zero-order chi connectivity index (χ0) is 13.2. The Balaban J connectivity index is 2.52. The number of rotatable bonds is 4. The van der Waals surface area contributed by atoms with Gasteiger partial charge in [-0.3, -0.25) is 4.68 Å². The highest BCUT2D eigenvalue weighted by Gasteiger charge is 2.20. The van der Waals surface area contributed by atoms with E-state index in [0.29, 0.717) is 0 Å². The number of nitrogens with two attached hydrogens (primary N) is 1. The summed E-state index contributed by atoms with van der Waals surface area (Å²) in [6, 6.07) is 0.234. The molecule has 0 saturated carbocycles. The molecule has 0 aromatic carbocycles. The van der Waals surface area contributed by atoms with Gasteiger partial charge < -0.3 is 5.73 Å². The van der Waals surface area contributed by atoms with Crippen molar-refractivity contribution in [2.24, 2.45) is 18.2 Å². The predicted molar refractivity (Wildman–Crippen MR) is 73.3 cm³/mol. The van der Waals surface area contributed by atoms with Crippen molar-refractivity contribution in [3.05, 3.63) is 16.4 Å². The van der Waals surface area contributed by atoms with Gasteiger partial charge in [-0.1, -0.05) is 32.4 Å². The fraction of sp³-hybridized carbons (Fsp3) is 0.769. The minimum Gasteiger partial charge on any atom is -0.327 e. The topological polar surface area (TPSA) is 43.8 Å². The Labute approximate surface area is 109 Å². The van der Waals surface area contributed by atoms with Crippen molar-refractivity contribution in [3.8, 4) is 0 Å². The average Bonchev–Trinajstić information content (AvgIpc) is 2.42. The van der Waals surface area contributed by atoms with Gasteiger partial charge in [0.05, 0.1) is 5.69 Å². The molecule has 0 radical (unpaired) electrons. The third kappa shape index (κ3) is 3.71. The molecular formula is C13H24ClN3. The standard InChI is InChI=1S/C13H24ClN3/c1-9-10(12(14)17(5)16-9)7-6-8-11(15)13(2,3)4/h11H,6-8,15H2,1-5H3. The summed E-state index contributed by atoms with van der Waals surface area (Å²) in [4.78, 5) is 0. The average molecular weight is 258 g/mol. The lowest BCUT2D eigenvalue weighted by atomic mass is 9.84. The largest absolute Gasteiger partial charge is 0.327 e. The second-order valence-electron chi connectivity index (χ2n) is 5.84. The second-order valence-corrected chi connectivity index (χ2v) is 6.20. The van der Waals surface area contributed by atoms with Gasteiger partial charge in [0, 0.05) is 18.7 Å². The molecule has 0 bridgehead atoms. The van der Waals surface area contributed by atoms with Crippen molar-refractivity contribution in [2.75, 3.05) is 0 Å². The summed E-state index contributed by atoms with van der Waals surface area (Å²) in [7, 11) is 1.87. The zero-order valence-corrected chi connectivity index (χ0v) is 12.3. The van der Waals surface area contributed by atoms with Gasteiger partial charge in [0.15, 0.2) is 0 Å². The maximum absolute atomic E-state index is 6.19. The minimum absolute atomic E-state index is 0.174. The number of nitrogens with zero attached hydrogens (tertiary/aromatic N) is 2. The molecule has 1 aromatic rings. The van der Waals surface area contributed by atoms with Crippen LogP contribution >= 0.6 is 11.6 Å². The molecule has 0 spiro atoms. The number of aromatic nitrogens is 2. The van der Waals surface area contributed by atoms with Crippen LogP contribution in [0.5, 0.6) is 0 Å². The normalized spacial score (nSPS) is 14.1. The van der Waals surface area contributed by atoms with Crippen molar-refractivity contribution in [1.29, 1.82) is 0 Å². The van der Waals surface area contributed by atoms with E-state index in [4.69, 9.17) is 17.3 Å². The van der Waals surface area contributed by atoms with E-state index in [1.54, 1.807) is 4.68 Å². The van der Waals surface area contributed by atoms with Crippen molar-refractivity contribution in [2.45, 2.75) is 53.0 Å². The summed E-state index contributed by atoms with van der Waals surface area (Å²) in [5, 5.41) is 5.07. The molecule has 3 nitrogen and oxygen atoms in total. The molecule has 0 fully saturated rings. The molecule has 0 amide bonds. The highest BCUT2D eigenvalue weighted by atomic mass is 35.5. The van der Waals surface area contributed by atoms with E-state index in [-0.39, 0.29) is 11.5 Å². The van der Waals surface area contributed by atoms with Crippen LogP contribution in [0.2, 0.25) is 5.15 Å². The van der Waals surface area contributed by atoms with Gasteiger partial charge in [-0.2, -0.15) is 5.10 Å². The molecule has 98 valence electrons. The third-order valence-corrected chi connectivity index (χ3v) is 3.80. The van der Waals surface area contributed by atoms with E-state index in [1.807, 2.05) is 14.0 Å². The predicted octanol–water partition coefficient (Wildman–Crippen LogP) is 3.08. The summed E-state index contributed by atoms with van der Waals surface area (Å²) < 4.78 is 1.73. The molecule has 0 saturated heterocycles. The Kier molecular flexibility index (Phi) is 4.62. The molecule has 2 N–H and O–H groups in total. The molecule has 1 heterocycles. The van der Waals surface area contributed by atoms with Crippen LogP contribution in [-0.2, 0) is 13.5 Å². The van der Waals surface area contributed by atoms with Crippen LogP contribution in [0.4, 0.5) is 0 Å². The van der Waals surface area contributed by atoms with Crippen LogP contribution in [0.25, 0.3) is 0 Å². The maximum atomic E-state index is 6.19. The van der Waals surface area contributed by atoms with E-state index in [1.165, 1.54) is 0 Å². The first-order chi connectivity index (χ1) is 7.73. The molecule has 1 atom stereocenters. The number of hydrogen-bond donors (Lipinski definition) is 1. The van der Waals surface area contributed by atoms with Gasteiger partial charge in [0.1, 0.15) is 5.15 Å². The SMILES string of the molecule is Cc1nn(C)c(Cl)c1CCCC(N)C(C)(C)C. The fourth-order valence-electron chi connectivity index (χ4n) is 1.89. The molecule has 0 aliphatic rings. The van der Waals surface area contributed by atoms with Gasteiger partial charge in [0.25, 0.3) is 0 Å². The lowest BCUT2D eigenvalue weighted by molar-refractivity contribution is 0.301. The Morgan fingerprint density at radius 1 is 1.41 bits per heavy atom. The Bertz CT molecular complexity index is 377. The monoisotopic (exact) mass is 257 g/mol. The van der Waals surface area contributed by atoms with Gasteiger partial charge in [-0.05, 0) is 31.6 Å². The van der Waals surface area contributed by atoms with E-state index in [0.717, 1.165) is 35.7 Å². The summed E-state index contributed by atoms with van der Waals surface area (Å²) in [6.07, 6.45) is 3.04. The highest BCUT2D eigenvalue weighted by molar-refractivity contribution is 6.30. The molecule has 1 aromatic heterocycles.